The molecule has 2 saturated heterocycles. The molecule has 8 rings (SSSR count). The molecule has 262 valence electrons. The zero-order valence-corrected chi connectivity index (χ0v) is 28.5. The monoisotopic (exact) mass is 697 g/mol. The van der Waals surface area contributed by atoms with E-state index in [4.69, 9.17) is 4.74 Å². The molecular weight excluding hydrogens is 661 g/mol. The molecule has 4 aromatic rings. The molecule has 1 saturated carbocycles. The fourth-order valence-corrected chi connectivity index (χ4v) is 9.14. The third kappa shape index (κ3) is 4.81. The Balaban J connectivity index is 1.33. The number of hydrogen-bond donors (Lipinski definition) is 4. The Morgan fingerprint density at radius 1 is 0.846 bits per heavy atom. The normalized spacial score (nSPS) is 26.5. The van der Waals surface area contributed by atoms with Gasteiger partial charge in [0, 0.05) is 11.5 Å². The highest BCUT2D eigenvalue weighted by atomic mass is 16.5. The Labute approximate surface area is 300 Å². The van der Waals surface area contributed by atoms with Crippen LogP contribution in [-0.4, -0.2) is 58.0 Å². The van der Waals surface area contributed by atoms with Crippen molar-refractivity contribution in [1.29, 1.82) is 0 Å². The minimum absolute atomic E-state index is 0.0766. The topological polar surface area (TPSA) is 157 Å². The number of anilines is 2. The molecule has 4 aromatic carbocycles. The van der Waals surface area contributed by atoms with Gasteiger partial charge in [0.15, 0.2) is 0 Å². The number of carbonyl (C=O) groups is 4. The van der Waals surface area contributed by atoms with E-state index in [9.17, 15) is 29.5 Å². The number of amides is 4. The summed E-state index contributed by atoms with van der Waals surface area (Å²) in [6.07, 6.45) is 2.15. The summed E-state index contributed by atoms with van der Waals surface area (Å²) in [6, 6.07) is 27.2. The van der Waals surface area contributed by atoms with Gasteiger partial charge in [-0.1, -0.05) is 77.9 Å². The number of benzene rings is 4. The molecule has 12 heteroatoms. The molecule has 0 bridgehead atoms. The zero-order valence-electron chi connectivity index (χ0n) is 28.5. The number of methoxy groups -OCH3 is 1. The second kappa shape index (κ2) is 12.5. The number of imide groups is 2. The van der Waals surface area contributed by atoms with Crippen molar-refractivity contribution >= 4 is 47.6 Å². The maximum absolute atomic E-state index is 15.3. The van der Waals surface area contributed by atoms with Gasteiger partial charge in [-0.25, -0.2) is 0 Å². The van der Waals surface area contributed by atoms with Crippen molar-refractivity contribution in [2.45, 2.75) is 31.1 Å². The minimum Gasteiger partial charge on any atom is -0.508 e. The molecule has 0 radical (unpaired) electrons. The number of phenols is 1. The molecule has 6 unspecified atom stereocenters. The number of fused-ring (bicyclic) bond motifs is 4. The van der Waals surface area contributed by atoms with Crippen molar-refractivity contribution in [1.82, 2.24) is 5.01 Å². The maximum Gasteiger partial charge on any atom is 0.488 e. The summed E-state index contributed by atoms with van der Waals surface area (Å²) in [5.41, 5.74) is 4.91. The van der Waals surface area contributed by atoms with Crippen LogP contribution in [0.5, 0.6) is 11.5 Å². The molecule has 6 atom stereocenters. The predicted octanol–water partition coefficient (Wildman–Crippen LogP) is 3.58. The number of rotatable bonds is 7. The number of allylic oxidation sites excluding steroid dienone is 2. The average molecular weight is 698 g/mol. The van der Waals surface area contributed by atoms with Crippen molar-refractivity contribution in [2.75, 3.05) is 17.4 Å². The number of ether oxygens (including phenoxy) is 1. The number of aromatic hydroxyl groups is 1. The minimum atomic E-state index is -1.80. The first kappa shape index (κ1) is 33.4. The van der Waals surface area contributed by atoms with Gasteiger partial charge in [-0.05, 0) is 73.1 Å². The number of aryl methyl sites for hydroxylation is 1. The van der Waals surface area contributed by atoms with Crippen LogP contribution in [0.1, 0.15) is 35.4 Å². The van der Waals surface area contributed by atoms with Crippen LogP contribution >= 0.6 is 0 Å². The molecule has 0 aromatic heterocycles. The third-order valence-corrected chi connectivity index (χ3v) is 11.4. The fraction of sp³-hybridized carbons (Fsp3) is 0.250. The number of phenolic OH excluding ortho intramolecular Hbond substituents is 1. The van der Waals surface area contributed by atoms with Gasteiger partial charge in [-0.2, -0.15) is 5.01 Å². The van der Waals surface area contributed by atoms with Crippen LogP contribution in [0.15, 0.2) is 109 Å². The van der Waals surface area contributed by atoms with Crippen molar-refractivity contribution in [3.8, 4) is 11.5 Å². The highest BCUT2D eigenvalue weighted by Crippen LogP contribution is 2.66. The molecule has 52 heavy (non-hydrogen) atoms. The standard InChI is InChI=1S/C40H36BN3O8/c1-22-14-16-25(17-15-22)42-44-37(47)30-21-29-27(18-19-28-33(29)38(48)43(36(28)46)26-11-6-10-24(20-26)41(50)51)35(34-31(45)12-7-13-32(34)52-2)40(30,39(44)49)23-8-4-3-5-9-23/h3-18,20,28-30,33,35,42,45,50-51H,19,21H2,1-2H3. The molecule has 2 heterocycles. The van der Waals surface area contributed by atoms with Crippen LogP contribution in [0.25, 0.3) is 0 Å². The van der Waals surface area contributed by atoms with E-state index in [0.29, 0.717) is 28.1 Å². The van der Waals surface area contributed by atoms with Gasteiger partial charge >= 0.3 is 7.12 Å². The van der Waals surface area contributed by atoms with Gasteiger partial charge in [0.1, 0.15) is 11.5 Å². The number of carbonyl (C=O) groups excluding carboxylic acids is 4. The van der Waals surface area contributed by atoms with Crippen LogP contribution in [0, 0.1) is 30.6 Å². The first-order chi connectivity index (χ1) is 25.1. The molecule has 2 aliphatic carbocycles. The molecule has 2 aliphatic heterocycles. The summed E-state index contributed by atoms with van der Waals surface area (Å²) >= 11 is 0. The van der Waals surface area contributed by atoms with Crippen LogP contribution in [0.4, 0.5) is 11.4 Å². The molecule has 0 spiro atoms. The highest BCUT2D eigenvalue weighted by Gasteiger charge is 2.71. The van der Waals surface area contributed by atoms with E-state index in [1.807, 2.05) is 43.3 Å². The Morgan fingerprint density at radius 3 is 2.29 bits per heavy atom. The van der Waals surface area contributed by atoms with E-state index < -0.39 is 65.8 Å². The lowest BCUT2D eigenvalue weighted by atomic mass is 9.49. The van der Waals surface area contributed by atoms with Gasteiger partial charge in [0.05, 0.1) is 41.7 Å². The Hall–Kier alpha value is -5.72. The zero-order chi connectivity index (χ0) is 36.5. The van der Waals surface area contributed by atoms with Gasteiger partial charge in [0.25, 0.3) is 11.8 Å². The summed E-state index contributed by atoms with van der Waals surface area (Å²) in [4.78, 5) is 59.9. The lowest BCUT2D eigenvalue weighted by Gasteiger charge is -2.50. The van der Waals surface area contributed by atoms with E-state index in [1.54, 1.807) is 48.5 Å². The maximum atomic E-state index is 15.3. The fourth-order valence-electron chi connectivity index (χ4n) is 9.14. The average Bonchev–Trinajstić information content (AvgIpc) is 3.53. The van der Waals surface area contributed by atoms with Crippen molar-refractivity contribution < 1.29 is 39.1 Å². The number of hydrazine groups is 1. The molecule has 4 N–H and O–H groups in total. The summed E-state index contributed by atoms with van der Waals surface area (Å²) in [5, 5.41) is 32.4. The number of nitrogens with zero attached hydrogens (tertiary/aromatic N) is 2. The Bertz CT molecular complexity index is 2160. The summed E-state index contributed by atoms with van der Waals surface area (Å²) in [5.74, 6) is -6.03. The van der Waals surface area contributed by atoms with Gasteiger partial charge in [-0.15, -0.1) is 0 Å². The first-order valence-corrected chi connectivity index (χ1v) is 17.2. The molecule has 4 amide bonds. The largest absolute Gasteiger partial charge is 0.508 e. The number of nitrogens with one attached hydrogen (secondary N) is 1. The van der Waals surface area contributed by atoms with Gasteiger partial charge in [0.2, 0.25) is 11.8 Å². The van der Waals surface area contributed by atoms with Crippen LogP contribution < -0.4 is 20.5 Å². The van der Waals surface area contributed by atoms with E-state index in [-0.39, 0.29) is 29.7 Å². The van der Waals surface area contributed by atoms with Gasteiger partial charge < -0.3 is 19.9 Å². The summed E-state index contributed by atoms with van der Waals surface area (Å²) in [7, 11) is -0.331. The highest BCUT2D eigenvalue weighted by molar-refractivity contribution is 6.58. The van der Waals surface area contributed by atoms with E-state index in [0.717, 1.165) is 15.5 Å². The van der Waals surface area contributed by atoms with Gasteiger partial charge in [-0.3, -0.25) is 29.5 Å². The van der Waals surface area contributed by atoms with E-state index in [1.165, 1.54) is 25.3 Å². The number of hydrogen-bond acceptors (Lipinski definition) is 9. The Kier molecular flexibility index (Phi) is 8.04. The van der Waals surface area contributed by atoms with Crippen molar-refractivity contribution in [3.63, 3.8) is 0 Å². The molecule has 11 nitrogen and oxygen atoms in total. The van der Waals surface area contributed by atoms with Crippen molar-refractivity contribution in [2.24, 2.45) is 23.7 Å². The predicted molar refractivity (Wildman–Crippen MR) is 192 cm³/mol. The lowest BCUT2D eigenvalue weighted by Crippen LogP contribution is -2.53. The van der Waals surface area contributed by atoms with Crippen molar-refractivity contribution in [3.05, 3.63) is 125 Å². The van der Waals surface area contributed by atoms with Crippen LogP contribution in [-0.2, 0) is 24.6 Å². The quantitative estimate of drug-likeness (QED) is 0.129. The summed E-state index contributed by atoms with van der Waals surface area (Å²) in [6.45, 7) is 1.94. The molecular formula is C40H36BN3O8. The SMILES string of the molecule is COc1cccc(O)c1C1C2=CCC3C(=O)N(c4cccc(B(O)O)c4)C(=O)C3C2CC2C(=O)N(Nc3ccc(C)cc3)C(=O)C21c1ccccc1. The second-order valence-electron chi connectivity index (χ2n) is 14.0. The molecule has 3 fully saturated rings. The Morgan fingerprint density at radius 2 is 1.58 bits per heavy atom. The third-order valence-electron chi connectivity index (χ3n) is 11.4. The molecule has 4 aliphatic rings. The second-order valence-corrected chi connectivity index (χ2v) is 14.0. The lowest BCUT2D eigenvalue weighted by molar-refractivity contribution is -0.138. The van der Waals surface area contributed by atoms with Crippen LogP contribution in [0.3, 0.4) is 0 Å². The smallest absolute Gasteiger partial charge is 0.488 e. The van der Waals surface area contributed by atoms with E-state index >= 15 is 4.79 Å². The first-order valence-electron chi connectivity index (χ1n) is 17.2. The summed E-state index contributed by atoms with van der Waals surface area (Å²) < 4.78 is 5.83. The van der Waals surface area contributed by atoms with Crippen LogP contribution in [0.2, 0.25) is 0 Å². The van der Waals surface area contributed by atoms with E-state index in [2.05, 4.69) is 5.43 Å².